The second kappa shape index (κ2) is 7.67. The number of hydrogen-bond donors (Lipinski definition) is 2. The van der Waals surface area contributed by atoms with E-state index in [0.717, 1.165) is 5.56 Å². The summed E-state index contributed by atoms with van der Waals surface area (Å²) < 4.78 is 1.24. The first kappa shape index (κ1) is 19.1. The molecule has 0 saturated carbocycles. The summed E-state index contributed by atoms with van der Waals surface area (Å²) in [4.78, 5) is 37.1. The summed E-state index contributed by atoms with van der Waals surface area (Å²) in [6.45, 7) is 0.0811. The molecule has 0 radical (unpaired) electrons. The van der Waals surface area contributed by atoms with Crippen molar-refractivity contribution in [2.45, 2.75) is 6.54 Å². The lowest BCUT2D eigenvalue weighted by Gasteiger charge is -2.18. The molecule has 0 aliphatic heterocycles. The van der Waals surface area contributed by atoms with Gasteiger partial charge in [0.15, 0.2) is 0 Å². The molecule has 4 rings (SSSR count). The van der Waals surface area contributed by atoms with Gasteiger partial charge in [0, 0.05) is 10.9 Å². The number of benzene rings is 3. The lowest BCUT2D eigenvalue weighted by Crippen LogP contribution is -2.28. The smallest absolute Gasteiger partial charge is 0.353 e. The van der Waals surface area contributed by atoms with E-state index < -0.39 is 17.5 Å². The van der Waals surface area contributed by atoms with Gasteiger partial charge in [-0.05, 0) is 34.7 Å². The van der Waals surface area contributed by atoms with Crippen molar-refractivity contribution in [1.29, 1.82) is 0 Å². The van der Waals surface area contributed by atoms with Gasteiger partial charge in [0.2, 0.25) is 0 Å². The van der Waals surface area contributed by atoms with Crippen LogP contribution in [0.3, 0.4) is 0 Å². The van der Waals surface area contributed by atoms with Gasteiger partial charge in [-0.1, -0.05) is 60.7 Å². The van der Waals surface area contributed by atoms with Gasteiger partial charge in [0.25, 0.3) is 5.56 Å². The Hall–Kier alpha value is -4.19. The highest BCUT2D eigenvalue weighted by molar-refractivity contribution is 6.07. The monoisotopic (exact) mass is 399 g/mol. The molecule has 0 atom stereocenters. The van der Waals surface area contributed by atoms with E-state index in [9.17, 15) is 24.6 Å². The maximum Gasteiger partial charge on any atom is 0.353 e. The minimum atomic E-state index is -1.26. The standard InChI is InChI=1S/C24H17NO5/c26-22-18-12-11-17(23(27)28)13-19(18)20(16-9-5-2-6-10-16)21(24(29)30)25(22)14-15-7-3-1-4-8-15/h1-13H,14H2,(H,27,28)(H,29,30). The minimum Gasteiger partial charge on any atom is -0.478 e. The third-order valence-corrected chi connectivity index (χ3v) is 4.97. The Morgan fingerprint density at radius 3 is 2.00 bits per heavy atom. The van der Waals surface area contributed by atoms with Gasteiger partial charge in [-0.25, -0.2) is 9.59 Å². The van der Waals surface area contributed by atoms with Crippen LogP contribution in [0, 0.1) is 0 Å². The van der Waals surface area contributed by atoms with Crippen LogP contribution in [0.15, 0.2) is 83.7 Å². The van der Waals surface area contributed by atoms with Gasteiger partial charge in [-0.3, -0.25) is 9.36 Å². The van der Waals surface area contributed by atoms with E-state index in [0.29, 0.717) is 16.5 Å². The minimum absolute atomic E-state index is 0.0174. The van der Waals surface area contributed by atoms with Crippen molar-refractivity contribution in [3.63, 3.8) is 0 Å². The van der Waals surface area contributed by atoms with Crippen molar-refractivity contribution >= 4 is 22.7 Å². The molecule has 3 aromatic carbocycles. The van der Waals surface area contributed by atoms with Crippen LogP contribution < -0.4 is 5.56 Å². The summed E-state index contributed by atoms with van der Waals surface area (Å²) in [6.07, 6.45) is 0. The fraction of sp³-hybridized carbons (Fsp3) is 0.0417. The molecule has 0 unspecified atom stereocenters. The molecule has 2 N–H and O–H groups in total. The van der Waals surface area contributed by atoms with Crippen LogP contribution in [-0.4, -0.2) is 26.7 Å². The van der Waals surface area contributed by atoms with Crippen molar-refractivity contribution in [2.24, 2.45) is 0 Å². The maximum atomic E-state index is 13.3. The van der Waals surface area contributed by atoms with Crippen molar-refractivity contribution < 1.29 is 19.8 Å². The summed E-state index contributed by atoms with van der Waals surface area (Å²) in [5, 5.41) is 20.0. The molecule has 0 fully saturated rings. The number of carboxylic acid groups (broad SMARTS) is 2. The van der Waals surface area contributed by atoms with Gasteiger partial charge in [0.1, 0.15) is 5.69 Å². The van der Waals surface area contributed by atoms with Crippen molar-refractivity contribution in [3.05, 3.63) is 106 Å². The van der Waals surface area contributed by atoms with Crippen molar-refractivity contribution in [3.8, 4) is 11.1 Å². The number of pyridine rings is 1. The quantitative estimate of drug-likeness (QED) is 0.526. The number of carbonyl (C=O) groups is 2. The zero-order valence-corrected chi connectivity index (χ0v) is 15.8. The molecular formula is C24H17NO5. The number of nitrogens with zero attached hydrogens (tertiary/aromatic N) is 1. The van der Waals surface area contributed by atoms with E-state index in [1.54, 1.807) is 30.3 Å². The molecule has 0 aliphatic carbocycles. The fourth-order valence-corrected chi connectivity index (χ4v) is 3.62. The van der Waals surface area contributed by atoms with Gasteiger partial charge in [-0.2, -0.15) is 0 Å². The molecule has 4 aromatic rings. The molecule has 1 heterocycles. The van der Waals surface area contributed by atoms with Crippen LogP contribution >= 0.6 is 0 Å². The highest BCUT2D eigenvalue weighted by Crippen LogP contribution is 2.32. The fourth-order valence-electron chi connectivity index (χ4n) is 3.62. The predicted octanol–water partition coefficient (Wildman–Crippen LogP) is 4.11. The average molecular weight is 399 g/mol. The Kier molecular flexibility index (Phi) is 4.90. The topological polar surface area (TPSA) is 96.6 Å². The molecule has 0 bridgehead atoms. The molecule has 0 spiro atoms. The molecule has 0 amide bonds. The molecule has 0 saturated heterocycles. The number of fused-ring (bicyclic) bond motifs is 1. The SMILES string of the molecule is O=C(O)c1ccc2c(=O)n(Cc3ccccc3)c(C(=O)O)c(-c3ccccc3)c2c1. The van der Waals surface area contributed by atoms with E-state index in [1.807, 2.05) is 30.3 Å². The van der Waals surface area contributed by atoms with Crippen molar-refractivity contribution in [2.75, 3.05) is 0 Å². The maximum absolute atomic E-state index is 13.3. The largest absolute Gasteiger partial charge is 0.478 e. The van der Waals surface area contributed by atoms with E-state index >= 15 is 0 Å². The molecule has 0 aliphatic rings. The Labute approximate surface area is 171 Å². The number of hydrogen-bond acceptors (Lipinski definition) is 3. The van der Waals surface area contributed by atoms with Crippen LogP contribution in [0.2, 0.25) is 0 Å². The van der Waals surface area contributed by atoms with E-state index in [1.165, 1.54) is 22.8 Å². The van der Waals surface area contributed by atoms with Gasteiger partial charge < -0.3 is 10.2 Å². The Bertz CT molecular complexity index is 1320. The van der Waals surface area contributed by atoms with E-state index in [2.05, 4.69) is 0 Å². The number of aromatic carboxylic acids is 2. The Balaban J connectivity index is 2.14. The normalized spacial score (nSPS) is 10.8. The van der Waals surface area contributed by atoms with Crippen LogP contribution in [0.4, 0.5) is 0 Å². The van der Waals surface area contributed by atoms with Gasteiger partial charge in [-0.15, -0.1) is 0 Å². The van der Waals surface area contributed by atoms with E-state index in [-0.39, 0.29) is 23.2 Å². The first-order chi connectivity index (χ1) is 14.5. The van der Waals surface area contributed by atoms with Crippen LogP contribution in [0.1, 0.15) is 26.4 Å². The molecule has 1 aromatic heterocycles. The summed E-state index contributed by atoms with van der Waals surface area (Å²) in [5.74, 6) is -2.41. The van der Waals surface area contributed by atoms with Crippen molar-refractivity contribution in [1.82, 2.24) is 4.57 Å². The highest BCUT2D eigenvalue weighted by Gasteiger charge is 2.23. The number of aromatic nitrogens is 1. The third-order valence-electron chi connectivity index (χ3n) is 4.97. The van der Waals surface area contributed by atoms with Crippen LogP contribution in [-0.2, 0) is 6.54 Å². The molecule has 6 nitrogen and oxygen atoms in total. The molecule has 148 valence electrons. The lowest BCUT2D eigenvalue weighted by atomic mass is 9.95. The lowest BCUT2D eigenvalue weighted by molar-refractivity contribution is 0.0679. The first-order valence-corrected chi connectivity index (χ1v) is 9.24. The Morgan fingerprint density at radius 1 is 0.767 bits per heavy atom. The van der Waals surface area contributed by atoms with Gasteiger partial charge in [0.05, 0.1) is 12.1 Å². The van der Waals surface area contributed by atoms with E-state index in [4.69, 9.17) is 0 Å². The van der Waals surface area contributed by atoms with Gasteiger partial charge >= 0.3 is 11.9 Å². The summed E-state index contributed by atoms with van der Waals surface area (Å²) in [6, 6.07) is 22.1. The zero-order chi connectivity index (χ0) is 21.3. The molecular weight excluding hydrogens is 382 g/mol. The zero-order valence-electron chi connectivity index (χ0n) is 15.8. The first-order valence-electron chi connectivity index (χ1n) is 9.24. The number of carboxylic acids is 2. The Morgan fingerprint density at radius 2 is 1.40 bits per heavy atom. The highest BCUT2D eigenvalue weighted by atomic mass is 16.4. The second-order valence-corrected chi connectivity index (χ2v) is 6.84. The molecule has 6 heteroatoms. The molecule has 30 heavy (non-hydrogen) atoms. The van der Waals surface area contributed by atoms with Crippen LogP contribution in [0.5, 0.6) is 0 Å². The number of rotatable bonds is 5. The summed E-state index contributed by atoms with van der Waals surface area (Å²) in [5.41, 5.74) is 1.01. The summed E-state index contributed by atoms with van der Waals surface area (Å²) >= 11 is 0. The van der Waals surface area contributed by atoms with Crippen LogP contribution in [0.25, 0.3) is 21.9 Å². The average Bonchev–Trinajstić information content (AvgIpc) is 2.76. The third kappa shape index (κ3) is 3.35. The summed E-state index contributed by atoms with van der Waals surface area (Å²) in [7, 11) is 0. The predicted molar refractivity (Wildman–Crippen MR) is 113 cm³/mol. The second-order valence-electron chi connectivity index (χ2n) is 6.84.